The Morgan fingerprint density at radius 1 is 1.33 bits per heavy atom. The summed E-state index contributed by atoms with van der Waals surface area (Å²) in [6.45, 7) is -0.493. The molecule has 1 fully saturated rings. The molecule has 1 saturated heterocycles. The highest BCUT2D eigenvalue weighted by Crippen LogP contribution is 2.27. The number of rotatable bonds is 6. The molecule has 9 nitrogen and oxygen atoms in total. The average molecular weight is 375 g/mol. The molecule has 0 aromatic rings. The fraction of sp³-hybridized carbons (Fsp3) is 0.727. The zero-order valence-electron chi connectivity index (χ0n) is 12.4. The molecule has 0 N–H and O–H groups in total. The zero-order chi connectivity index (χ0) is 18.7. The third-order valence-electron chi connectivity index (χ3n) is 3.05. The molecule has 1 heterocycles. The highest BCUT2D eigenvalue weighted by atomic mass is 32.2. The SMILES string of the molecule is CCCC(=O)N1CCN(C(=O)OCC(F)C(F)(F)S(=O)(=O)[O-])C1=O. The van der Waals surface area contributed by atoms with Crippen molar-refractivity contribution in [2.45, 2.75) is 31.2 Å². The molecule has 4 amide bonds. The van der Waals surface area contributed by atoms with Crippen molar-refractivity contribution in [1.82, 2.24) is 9.80 Å². The van der Waals surface area contributed by atoms with Gasteiger partial charge in [0.1, 0.15) is 6.61 Å². The van der Waals surface area contributed by atoms with Crippen LogP contribution in [0.4, 0.5) is 22.8 Å². The molecule has 1 rings (SSSR count). The van der Waals surface area contributed by atoms with Gasteiger partial charge < -0.3 is 9.29 Å². The van der Waals surface area contributed by atoms with Gasteiger partial charge in [-0.15, -0.1) is 0 Å². The Bertz CT molecular complexity index is 625. The minimum Gasteiger partial charge on any atom is -0.743 e. The van der Waals surface area contributed by atoms with Crippen molar-refractivity contribution in [3.05, 3.63) is 0 Å². The smallest absolute Gasteiger partial charge is 0.418 e. The van der Waals surface area contributed by atoms with Gasteiger partial charge in [0.2, 0.25) is 12.1 Å². The maximum absolute atomic E-state index is 13.2. The van der Waals surface area contributed by atoms with Crippen LogP contribution in [0.1, 0.15) is 19.8 Å². The number of nitrogens with zero attached hydrogens (tertiary/aromatic N) is 2. The number of hydrogen-bond donors (Lipinski definition) is 0. The molecule has 1 aliphatic heterocycles. The Morgan fingerprint density at radius 3 is 2.38 bits per heavy atom. The fourth-order valence-corrected chi connectivity index (χ4v) is 2.14. The highest BCUT2D eigenvalue weighted by Gasteiger charge is 2.48. The molecule has 1 aliphatic rings. The minimum absolute atomic E-state index is 0.0504. The van der Waals surface area contributed by atoms with Crippen molar-refractivity contribution in [2.24, 2.45) is 0 Å². The molecule has 0 saturated carbocycles. The molecule has 0 aliphatic carbocycles. The molecular formula is C11H14F3N2O7S-. The molecule has 13 heteroatoms. The first kappa shape index (κ1) is 20.2. The van der Waals surface area contributed by atoms with E-state index < -0.39 is 46.2 Å². The summed E-state index contributed by atoms with van der Waals surface area (Å²) in [5.41, 5.74) is 0. The van der Waals surface area contributed by atoms with E-state index in [1.165, 1.54) is 0 Å². The average Bonchev–Trinajstić information content (AvgIpc) is 2.85. The Hall–Kier alpha value is -1.89. The Morgan fingerprint density at radius 2 is 1.88 bits per heavy atom. The molecule has 0 radical (unpaired) electrons. The molecule has 138 valence electrons. The van der Waals surface area contributed by atoms with E-state index in [1.54, 1.807) is 6.92 Å². The number of carbonyl (C=O) groups excluding carboxylic acids is 3. The van der Waals surface area contributed by atoms with E-state index in [9.17, 15) is 40.5 Å². The molecule has 0 aromatic carbocycles. The van der Waals surface area contributed by atoms with Crippen molar-refractivity contribution in [3.8, 4) is 0 Å². The molecule has 0 bridgehead atoms. The lowest BCUT2D eigenvalue weighted by molar-refractivity contribution is -0.127. The van der Waals surface area contributed by atoms with Crippen LogP contribution < -0.4 is 0 Å². The molecule has 24 heavy (non-hydrogen) atoms. The van der Waals surface area contributed by atoms with Crippen LogP contribution in [0.25, 0.3) is 0 Å². The van der Waals surface area contributed by atoms with E-state index in [1.807, 2.05) is 0 Å². The zero-order valence-corrected chi connectivity index (χ0v) is 13.2. The lowest BCUT2D eigenvalue weighted by Crippen LogP contribution is -2.44. The van der Waals surface area contributed by atoms with Crippen molar-refractivity contribution >= 4 is 28.1 Å². The van der Waals surface area contributed by atoms with E-state index in [-0.39, 0.29) is 19.5 Å². The van der Waals surface area contributed by atoms with Crippen molar-refractivity contribution in [3.63, 3.8) is 0 Å². The summed E-state index contributed by atoms with van der Waals surface area (Å²) in [6.07, 6.45) is -4.63. The van der Waals surface area contributed by atoms with Crippen LogP contribution in [0.3, 0.4) is 0 Å². The number of halogens is 3. The second-order valence-corrected chi connectivity index (χ2v) is 6.24. The van der Waals surface area contributed by atoms with E-state index in [0.717, 1.165) is 4.90 Å². The van der Waals surface area contributed by atoms with E-state index in [0.29, 0.717) is 11.3 Å². The summed E-state index contributed by atoms with van der Waals surface area (Å²) in [5.74, 6) is -0.551. The van der Waals surface area contributed by atoms with Crippen molar-refractivity contribution in [1.29, 1.82) is 0 Å². The third kappa shape index (κ3) is 4.14. The van der Waals surface area contributed by atoms with Gasteiger partial charge in [-0.2, -0.15) is 8.78 Å². The summed E-state index contributed by atoms with van der Waals surface area (Å²) < 4.78 is 73.7. The summed E-state index contributed by atoms with van der Waals surface area (Å²) in [5, 5.41) is -5.29. The van der Waals surface area contributed by atoms with E-state index in [4.69, 9.17) is 0 Å². The number of alkyl halides is 3. The van der Waals surface area contributed by atoms with Gasteiger partial charge in [-0.25, -0.2) is 27.3 Å². The first-order chi connectivity index (χ1) is 10.9. The number of ether oxygens (including phenoxy) is 1. The minimum atomic E-state index is -6.29. The van der Waals surface area contributed by atoms with Crippen molar-refractivity contribution in [2.75, 3.05) is 19.7 Å². The molecule has 0 aromatic heterocycles. The van der Waals surface area contributed by atoms with Gasteiger partial charge >= 0.3 is 17.4 Å². The largest absolute Gasteiger partial charge is 0.743 e. The summed E-state index contributed by atoms with van der Waals surface area (Å²) in [7, 11) is -6.29. The van der Waals surface area contributed by atoms with E-state index in [2.05, 4.69) is 4.74 Å². The van der Waals surface area contributed by atoms with Gasteiger partial charge in [-0.05, 0) is 6.42 Å². The summed E-state index contributed by atoms with van der Waals surface area (Å²) >= 11 is 0. The topological polar surface area (TPSA) is 124 Å². The third-order valence-corrected chi connectivity index (χ3v) is 3.97. The summed E-state index contributed by atoms with van der Waals surface area (Å²) in [4.78, 5) is 36.1. The number of urea groups is 1. The Kier molecular flexibility index (Phi) is 6.16. The van der Waals surface area contributed by atoms with Crippen LogP contribution >= 0.6 is 0 Å². The van der Waals surface area contributed by atoms with Crippen LogP contribution in [-0.4, -0.2) is 71.9 Å². The number of hydrogen-bond acceptors (Lipinski definition) is 7. The normalized spacial score (nSPS) is 17.1. The van der Waals surface area contributed by atoms with Crippen LogP contribution in [0, 0.1) is 0 Å². The Balaban J connectivity index is 2.64. The lowest BCUT2D eigenvalue weighted by atomic mass is 10.3. The standard InChI is InChI=1S/C11H15F3N2O7S/c1-2-3-8(17)15-4-5-16(9(15)18)10(19)23-6-7(12)11(13,14)24(20,21)22/h7H,2-6H2,1H3,(H,20,21,22)/p-1. The Labute approximate surface area is 135 Å². The van der Waals surface area contributed by atoms with Crippen LogP contribution in [0.5, 0.6) is 0 Å². The summed E-state index contributed by atoms with van der Waals surface area (Å²) in [6, 6.07) is -1.06. The lowest BCUT2D eigenvalue weighted by Gasteiger charge is -2.23. The number of imide groups is 2. The second kappa shape index (κ2) is 7.34. The molecule has 0 spiro atoms. The van der Waals surface area contributed by atoms with Crippen LogP contribution in [0.2, 0.25) is 0 Å². The van der Waals surface area contributed by atoms with Gasteiger partial charge in [-0.1, -0.05) is 6.92 Å². The number of amides is 4. The number of carbonyl (C=O) groups is 3. The van der Waals surface area contributed by atoms with Gasteiger partial charge in [0.15, 0.2) is 10.1 Å². The van der Waals surface area contributed by atoms with Gasteiger partial charge in [0, 0.05) is 13.0 Å². The maximum Gasteiger partial charge on any atom is 0.418 e. The van der Waals surface area contributed by atoms with Gasteiger partial charge in [0.05, 0.1) is 6.54 Å². The predicted octanol–water partition coefficient (Wildman–Crippen LogP) is 0.663. The van der Waals surface area contributed by atoms with Gasteiger partial charge in [-0.3, -0.25) is 9.69 Å². The second-order valence-electron chi connectivity index (χ2n) is 4.79. The monoisotopic (exact) mass is 375 g/mol. The first-order valence-corrected chi connectivity index (χ1v) is 8.10. The fourth-order valence-electron chi connectivity index (χ4n) is 1.76. The van der Waals surface area contributed by atoms with Gasteiger partial charge in [0.25, 0.3) is 0 Å². The van der Waals surface area contributed by atoms with Crippen LogP contribution in [0.15, 0.2) is 0 Å². The van der Waals surface area contributed by atoms with Crippen molar-refractivity contribution < 1.29 is 45.3 Å². The molecular weight excluding hydrogens is 361 g/mol. The first-order valence-electron chi connectivity index (χ1n) is 6.69. The predicted molar refractivity (Wildman–Crippen MR) is 69.6 cm³/mol. The highest BCUT2D eigenvalue weighted by molar-refractivity contribution is 7.86. The van der Waals surface area contributed by atoms with E-state index >= 15 is 0 Å². The maximum atomic E-state index is 13.2. The quantitative estimate of drug-likeness (QED) is 0.625. The van der Waals surface area contributed by atoms with Crippen LogP contribution in [-0.2, 0) is 19.6 Å². The molecule has 1 unspecified atom stereocenters. The molecule has 1 atom stereocenters.